The molecule has 1 N–H and O–H groups in total. The summed E-state index contributed by atoms with van der Waals surface area (Å²) >= 11 is 0. The smallest absolute Gasteiger partial charge is 0.354 e. The van der Waals surface area contributed by atoms with Crippen molar-refractivity contribution in [2.45, 2.75) is 33.6 Å². The zero-order valence-electron chi connectivity index (χ0n) is 12.7. The molecule has 108 valence electrons. The molecule has 1 aromatic carbocycles. The highest BCUT2D eigenvalue weighted by molar-refractivity contribution is 5.90. The summed E-state index contributed by atoms with van der Waals surface area (Å²) in [4.78, 5) is 11.6. The van der Waals surface area contributed by atoms with Gasteiger partial charge >= 0.3 is 5.97 Å². The van der Waals surface area contributed by atoms with Gasteiger partial charge < -0.3 is 10.1 Å². The average molecular weight is 273 g/mol. The van der Waals surface area contributed by atoms with Crippen LogP contribution in [0.15, 0.2) is 36.6 Å². The summed E-state index contributed by atoms with van der Waals surface area (Å²) in [5.41, 5.74) is 4.63. The standard InChI is InChI=1S/C17H23NO2/c1-6-13-9-10-14(7-2)15(11-13)12(4)18-16(8-3)17(19)20-5/h8-11,18H,4,6-7H2,1-3,5H3/b16-8-. The van der Waals surface area contributed by atoms with Gasteiger partial charge in [0.15, 0.2) is 0 Å². The zero-order valence-corrected chi connectivity index (χ0v) is 12.7. The summed E-state index contributed by atoms with van der Waals surface area (Å²) in [7, 11) is 1.37. The number of esters is 1. The van der Waals surface area contributed by atoms with Gasteiger partial charge in [0, 0.05) is 11.3 Å². The third kappa shape index (κ3) is 3.73. The number of nitrogens with one attached hydrogen (secondary N) is 1. The van der Waals surface area contributed by atoms with Gasteiger partial charge in [-0.1, -0.05) is 38.6 Å². The van der Waals surface area contributed by atoms with Gasteiger partial charge in [-0.2, -0.15) is 0 Å². The van der Waals surface area contributed by atoms with Gasteiger partial charge in [0.2, 0.25) is 0 Å². The third-order valence-electron chi connectivity index (χ3n) is 3.27. The van der Waals surface area contributed by atoms with Crippen molar-refractivity contribution in [2.75, 3.05) is 7.11 Å². The van der Waals surface area contributed by atoms with Crippen molar-refractivity contribution in [2.24, 2.45) is 0 Å². The number of benzene rings is 1. The van der Waals surface area contributed by atoms with Crippen molar-refractivity contribution in [3.8, 4) is 0 Å². The molecule has 0 radical (unpaired) electrons. The van der Waals surface area contributed by atoms with Crippen LogP contribution in [0.1, 0.15) is 37.5 Å². The maximum Gasteiger partial charge on any atom is 0.354 e. The van der Waals surface area contributed by atoms with E-state index in [1.165, 1.54) is 18.2 Å². The fourth-order valence-electron chi connectivity index (χ4n) is 2.01. The largest absolute Gasteiger partial charge is 0.464 e. The molecule has 0 aliphatic carbocycles. The number of rotatable bonds is 6. The van der Waals surface area contributed by atoms with E-state index < -0.39 is 5.97 Å². The molecule has 0 saturated heterocycles. The van der Waals surface area contributed by atoms with Crippen molar-refractivity contribution in [3.05, 3.63) is 53.2 Å². The van der Waals surface area contributed by atoms with Crippen LogP contribution in [0.5, 0.6) is 0 Å². The van der Waals surface area contributed by atoms with Gasteiger partial charge in [0.25, 0.3) is 0 Å². The first-order valence-corrected chi connectivity index (χ1v) is 6.90. The zero-order chi connectivity index (χ0) is 15.1. The Labute approximate surface area is 121 Å². The molecule has 0 bridgehead atoms. The van der Waals surface area contributed by atoms with Crippen molar-refractivity contribution in [1.82, 2.24) is 5.32 Å². The molecule has 0 aliphatic heterocycles. The molecule has 0 aliphatic rings. The van der Waals surface area contributed by atoms with Crippen LogP contribution < -0.4 is 5.32 Å². The molecule has 0 saturated carbocycles. The SMILES string of the molecule is C=C(N/C(=C\C)C(=O)OC)c1cc(CC)ccc1CC. The summed E-state index contributed by atoms with van der Waals surface area (Å²) in [5, 5.41) is 3.05. The van der Waals surface area contributed by atoms with E-state index in [1.54, 1.807) is 13.0 Å². The first-order chi connectivity index (χ1) is 9.57. The summed E-state index contributed by atoms with van der Waals surface area (Å²) < 4.78 is 4.73. The lowest BCUT2D eigenvalue weighted by Gasteiger charge is -2.15. The highest BCUT2D eigenvalue weighted by Gasteiger charge is 2.12. The van der Waals surface area contributed by atoms with Gasteiger partial charge in [0.1, 0.15) is 5.70 Å². The molecule has 0 fully saturated rings. The lowest BCUT2D eigenvalue weighted by Crippen LogP contribution is -2.20. The van der Waals surface area contributed by atoms with Crippen LogP contribution in [0.2, 0.25) is 0 Å². The Balaban J connectivity index is 3.05. The summed E-state index contributed by atoms with van der Waals surface area (Å²) in [6.45, 7) is 10.1. The predicted octanol–water partition coefficient (Wildman–Crippen LogP) is 3.45. The van der Waals surface area contributed by atoms with Crippen LogP contribution in [0.3, 0.4) is 0 Å². The maximum atomic E-state index is 11.6. The maximum absolute atomic E-state index is 11.6. The normalized spacial score (nSPS) is 11.1. The van der Waals surface area contributed by atoms with Crippen LogP contribution in [-0.4, -0.2) is 13.1 Å². The molecule has 0 amide bonds. The summed E-state index contributed by atoms with van der Waals surface area (Å²) in [5.74, 6) is -0.390. The molecule has 0 heterocycles. The number of carbonyl (C=O) groups is 1. The van der Waals surface area contributed by atoms with Crippen LogP contribution >= 0.6 is 0 Å². The van der Waals surface area contributed by atoms with Gasteiger partial charge in [-0.05, 0) is 37.0 Å². The Morgan fingerprint density at radius 3 is 2.55 bits per heavy atom. The van der Waals surface area contributed by atoms with E-state index in [9.17, 15) is 4.79 Å². The molecule has 3 heteroatoms. The molecule has 0 atom stereocenters. The van der Waals surface area contributed by atoms with Gasteiger partial charge in [-0.3, -0.25) is 0 Å². The minimum absolute atomic E-state index is 0.390. The Morgan fingerprint density at radius 2 is 2.05 bits per heavy atom. The first-order valence-electron chi connectivity index (χ1n) is 6.90. The molecule has 20 heavy (non-hydrogen) atoms. The monoisotopic (exact) mass is 273 g/mol. The van der Waals surface area contributed by atoms with E-state index in [0.717, 1.165) is 24.1 Å². The lowest BCUT2D eigenvalue weighted by molar-refractivity contribution is -0.136. The topological polar surface area (TPSA) is 38.3 Å². The van der Waals surface area contributed by atoms with Gasteiger partial charge in [-0.25, -0.2) is 4.79 Å². The van der Waals surface area contributed by atoms with Crippen LogP contribution in [-0.2, 0) is 22.4 Å². The highest BCUT2D eigenvalue weighted by Crippen LogP contribution is 2.20. The van der Waals surface area contributed by atoms with Crippen molar-refractivity contribution in [1.29, 1.82) is 0 Å². The second kappa shape index (κ2) is 7.53. The van der Waals surface area contributed by atoms with Gasteiger partial charge in [0.05, 0.1) is 7.11 Å². The van der Waals surface area contributed by atoms with Crippen molar-refractivity contribution < 1.29 is 9.53 Å². The summed E-state index contributed by atoms with van der Waals surface area (Å²) in [6.07, 6.45) is 3.58. The van der Waals surface area contributed by atoms with Crippen LogP contribution in [0, 0.1) is 0 Å². The van der Waals surface area contributed by atoms with Crippen molar-refractivity contribution in [3.63, 3.8) is 0 Å². The number of hydrogen-bond donors (Lipinski definition) is 1. The third-order valence-corrected chi connectivity index (χ3v) is 3.27. The van der Waals surface area contributed by atoms with E-state index in [0.29, 0.717) is 5.70 Å². The van der Waals surface area contributed by atoms with E-state index in [1.807, 2.05) is 0 Å². The average Bonchev–Trinajstić information content (AvgIpc) is 2.50. The van der Waals surface area contributed by atoms with E-state index in [-0.39, 0.29) is 0 Å². The number of hydrogen-bond acceptors (Lipinski definition) is 3. The van der Waals surface area contributed by atoms with Gasteiger partial charge in [-0.15, -0.1) is 0 Å². The molecule has 1 aromatic rings. The van der Waals surface area contributed by atoms with Crippen LogP contribution in [0.4, 0.5) is 0 Å². The molecule has 0 aromatic heterocycles. The van der Waals surface area contributed by atoms with Crippen molar-refractivity contribution >= 4 is 11.7 Å². The minimum Gasteiger partial charge on any atom is -0.464 e. The minimum atomic E-state index is -0.390. The molecular formula is C17H23NO2. The van der Waals surface area contributed by atoms with E-state index >= 15 is 0 Å². The number of allylic oxidation sites excluding steroid dienone is 1. The molecule has 0 unspecified atom stereocenters. The fourth-order valence-corrected chi connectivity index (χ4v) is 2.01. The number of methoxy groups -OCH3 is 1. The number of aryl methyl sites for hydroxylation is 2. The second-order valence-electron chi connectivity index (χ2n) is 4.50. The van der Waals surface area contributed by atoms with E-state index in [2.05, 4.69) is 43.9 Å². The summed E-state index contributed by atoms with van der Waals surface area (Å²) in [6, 6.07) is 6.37. The predicted molar refractivity (Wildman–Crippen MR) is 83.1 cm³/mol. The lowest BCUT2D eigenvalue weighted by atomic mass is 9.98. The number of carbonyl (C=O) groups excluding carboxylic acids is 1. The Bertz CT molecular complexity index is 530. The molecular weight excluding hydrogens is 250 g/mol. The van der Waals surface area contributed by atoms with Crippen LogP contribution in [0.25, 0.3) is 5.70 Å². The first kappa shape index (κ1) is 16.0. The Kier molecular flexibility index (Phi) is 6.04. The molecule has 1 rings (SSSR count). The highest BCUT2D eigenvalue weighted by atomic mass is 16.5. The Morgan fingerprint density at radius 1 is 1.35 bits per heavy atom. The van der Waals surface area contributed by atoms with E-state index in [4.69, 9.17) is 4.74 Å². The second-order valence-corrected chi connectivity index (χ2v) is 4.50. The molecule has 0 spiro atoms. The molecule has 3 nitrogen and oxygen atoms in total. The Hall–Kier alpha value is -2.03. The number of ether oxygens (including phenoxy) is 1. The fraction of sp³-hybridized carbons (Fsp3) is 0.353. The quantitative estimate of drug-likeness (QED) is 0.637.